The number of nitrogens with zero attached hydrogens (tertiary/aromatic N) is 4. The topological polar surface area (TPSA) is 74.8 Å². The van der Waals surface area contributed by atoms with E-state index in [1.165, 1.54) is 17.5 Å². The van der Waals surface area contributed by atoms with E-state index in [0.29, 0.717) is 21.9 Å². The molecule has 0 aliphatic heterocycles. The Labute approximate surface area is 143 Å². The highest BCUT2D eigenvalue weighted by molar-refractivity contribution is 7.17. The first-order valence-electron chi connectivity index (χ1n) is 7.30. The Balaban J connectivity index is 1.67. The van der Waals surface area contributed by atoms with Gasteiger partial charge in [-0.15, -0.1) is 11.3 Å². The molecule has 0 amide bonds. The van der Waals surface area contributed by atoms with Crippen LogP contribution in [0.15, 0.2) is 34.6 Å². The number of thiophene rings is 1. The first-order chi connectivity index (χ1) is 12.0. The molecule has 126 valence electrons. The summed E-state index contributed by atoms with van der Waals surface area (Å²) in [6.45, 7) is 0.283. The number of rotatable bonds is 3. The summed E-state index contributed by atoms with van der Waals surface area (Å²) in [5.74, 6) is -1.01. The zero-order chi connectivity index (χ0) is 17.6. The van der Waals surface area contributed by atoms with Crippen LogP contribution in [0.2, 0.25) is 0 Å². The lowest BCUT2D eigenvalue weighted by Crippen LogP contribution is -2.22. The Kier molecular flexibility index (Phi) is 3.65. The summed E-state index contributed by atoms with van der Waals surface area (Å²) in [5, 5.41) is 1.81. The second-order valence-electron chi connectivity index (χ2n) is 5.49. The van der Waals surface area contributed by atoms with Crippen molar-refractivity contribution in [1.29, 1.82) is 0 Å². The molecule has 0 bridgehead atoms. The first kappa shape index (κ1) is 15.6. The largest absolute Gasteiger partial charge is 0.351 e. The smallest absolute Gasteiger partial charge is 0.268 e. The first-order valence-corrected chi connectivity index (χ1v) is 8.18. The highest BCUT2D eigenvalue weighted by Crippen LogP contribution is 2.19. The molecule has 0 atom stereocenters. The molecule has 25 heavy (non-hydrogen) atoms. The minimum Gasteiger partial charge on any atom is -0.351 e. The third-order valence-electron chi connectivity index (χ3n) is 3.71. The lowest BCUT2D eigenvalue weighted by Gasteiger charge is -2.17. The van der Waals surface area contributed by atoms with Crippen molar-refractivity contribution < 1.29 is 8.78 Å². The van der Waals surface area contributed by atoms with Crippen molar-refractivity contribution >= 4 is 38.4 Å². The molecule has 0 radical (unpaired) electrons. The van der Waals surface area contributed by atoms with Crippen LogP contribution in [0.4, 0.5) is 14.6 Å². The summed E-state index contributed by atoms with van der Waals surface area (Å²) >= 11 is 1.33. The normalized spacial score (nSPS) is 11.3. The van der Waals surface area contributed by atoms with Crippen LogP contribution >= 0.6 is 11.3 Å². The molecule has 4 aromatic rings. The molecule has 0 aliphatic rings. The molecule has 0 unspecified atom stereocenters. The van der Waals surface area contributed by atoms with Gasteiger partial charge in [-0.3, -0.25) is 9.78 Å². The molecule has 0 saturated heterocycles. The van der Waals surface area contributed by atoms with E-state index in [0.717, 1.165) is 12.1 Å². The Morgan fingerprint density at radius 1 is 1.16 bits per heavy atom. The molecule has 0 fully saturated rings. The monoisotopic (exact) mass is 359 g/mol. The summed E-state index contributed by atoms with van der Waals surface area (Å²) < 4.78 is 27.2. The molecule has 3 heterocycles. The van der Waals surface area contributed by atoms with Gasteiger partial charge in [0.15, 0.2) is 11.6 Å². The number of H-pyrrole nitrogens is 1. The highest BCUT2D eigenvalue weighted by atomic mass is 32.1. The molecule has 3 aromatic heterocycles. The van der Waals surface area contributed by atoms with Gasteiger partial charge in [-0.1, -0.05) is 0 Å². The van der Waals surface area contributed by atoms with Gasteiger partial charge in [0.1, 0.15) is 16.3 Å². The molecule has 1 aromatic carbocycles. The van der Waals surface area contributed by atoms with Gasteiger partial charge in [-0.2, -0.15) is 0 Å². The van der Waals surface area contributed by atoms with E-state index in [9.17, 15) is 13.6 Å². The van der Waals surface area contributed by atoms with Crippen LogP contribution in [0.3, 0.4) is 0 Å². The quantitative estimate of drug-likeness (QED) is 0.609. The van der Waals surface area contributed by atoms with Crippen molar-refractivity contribution in [3.63, 3.8) is 0 Å². The molecule has 0 spiro atoms. The molecule has 9 heteroatoms. The maximum absolute atomic E-state index is 13.4. The van der Waals surface area contributed by atoms with Crippen LogP contribution in [0.5, 0.6) is 0 Å². The SMILES string of the molecule is CN(Cc1nc2ccsc2c(=O)[nH]1)c1cnc2cc(F)c(F)cc2n1. The van der Waals surface area contributed by atoms with E-state index < -0.39 is 11.6 Å². The van der Waals surface area contributed by atoms with Crippen molar-refractivity contribution in [3.05, 3.63) is 57.6 Å². The van der Waals surface area contributed by atoms with Gasteiger partial charge in [0, 0.05) is 19.2 Å². The van der Waals surface area contributed by atoms with E-state index in [1.54, 1.807) is 18.0 Å². The average molecular weight is 359 g/mol. The Hall–Kier alpha value is -2.94. The number of hydrogen-bond donors (Lipinski definition) is 1. The van der Waals surface area contributed by atoms with E-state index in [2.05, 4.69) is 19.9 Å². The molecular formula is C16H11F2N5OS. The third-order valence-corrected chi connectivity index (χ3v) is 4.62. The van der Waals surface area contributed by atoms with Gasteiger partial charge in [0.2, 0.25) is 0 Å². The Bertz CT molecular complexity index is 1160. The van der Waals surface area contributed by atoms with Gasteiger partial charge in [0.05, 0.1) is 29.3 Å². The van der Waals surface area contributed by atoms with Crippen molar-refractivity contribution in [2.24, 2.45) is 0 Å². The minimum absolute atomic E-state index is 0.189. The zero-order valence-corrected chi connectivity index (χ0v) is 13.8. The summed E-state index contributed by atoms with van der Waals surface area (Å²) in [6.07, 6.45) is 1.46. The second kappa shape index (κ2) is 5.85. The fraction of sp³-hybridized carbons (Fsp3) is 0.125. The van der Waals surface area contributed by atoms with E-state index in [-0.39, 0.29) is 23.1 Å². The number of fused-ring (bicyclic) bond motifs is 2. The minimum atomic E-state index is -0.976. The fourth-order valence-corrected chi connectivity index (χ4v) is 3.21. The Morgan fingerprint density at radius 2 is 1.92 bits per heavy atom. The fourth-order valence-electron chi connectivity index (χ4n) is 2.48. The van der Waals surface area contributed by atoms with E-state index in [1.807, 2.05) is 5.38 Å². The summed E-state index contributed by atoms with van der Waals surface area (Å²) in [6, 6.07) is 3.80. The van der Waals surface area contributed by atoms with Crippen LogP contribution in [0.25, 0.3) is 21.3 Å². The van der Waals surface area contributed by atoms with Crippen LogP contribution in [-0.2, 0) is 6.54 Å². The molecule has 0 saturated carbocycles. The number of nitrogens with one attached hydrogen (secondary N) is 1. The van der Waals surface area contributed by atoms with E-state index >= 15 is 0 Å². The van der Waals surface area contributed by atoms with Gasteiger partial charge >= 0.3 is 0 Å². The number of anilines is 1. The third kappa shape index (κ3) is 2.82. The molecule has 6 nitrogen and oxygen atoms in total. The standard InChI is InChI=1S/C16H11F2N5OS/c1-23(7-13-20-10-2-3-25-15(10)16(24)22-13)14-6-19-11-4-8(17)9(18)5-12(11)21-14/h2-6H,7H2,1H3,(H,20,22,24). The lowest BCUT2D eigenvalue weighted by atomic mass is 10.3. The van der Waals surface area contributed by atoms with Gasteiger partial charge in [0.25, 0.3) is 5.56 Å². The number of halogens is 2. The van der Waals surface area contributed by atoms with Crippen LogP contribution in [-0.4, -0.2) is 27.0 Å². The Morgan fingerprint density at radius 3 is 2.72 bits per heavy atom. The van der Waals surface area contributed by atoms with Gasteiger partial charge < -0.3 is 9.88 Å². The van der Waals surface area contributed by atoms with Gasteiger partial charge in [-0.05, 0) is 11.4 Å². The summed E-state index contributed by atoms with van der Waals surface area (Å²) in [4.78, 5) is 29.3. The van der Waals surface area contributed by atoms with Crippen LogP contribution < -0.4 is 10.5 Å². The van der Waals surface area contributed by atoms with Crippen LogP contribution in [0.1, 0.15) is 5.82 Å². The molecule has 0 aliphatic carbocycles. The predicted molar refractivity (Wildman–Crippen MR) is 91.8 cm³/mol. The molecular weight excluding hydrogens is 348 g/mol. The number of benzene rings is 1. The number of hydrogen-bond acceptors (Lipinski definition) is 6. The summed E-state index contributed by atoms with van der Waals surface area (Å²) in [5.41, 5.74) is 0.963. The number of aromatic nitrogens is 4. The molecule has 4 rings (SSSR count). The van der Waals surface area contributed by atoms with Crippen molar-refractivity contribution in [2.75, 3.05) is 11.9 Å². The maximum atomic E-state index is 13.4. The van der Waals surface area contributed by atoms with Gasteiger partial charge in [-0.25, -0.2) is 18.7 Å². The van der Waals surface area contributed by atoms with Crippen molar-refractivity contribution in [1.82, 2.24) is 19.9 Å². The van der Waals surface area contributed by atoms with E-state index in [4.69, 9.17) is 0 Å². The second-order valence-corrected chi connectivity index (χ2v) is 6.40. The zero-order valence-electron chi connectivity index (χ0n) is 13.0. The number of aromatic amines is 1. The predicted octanol–water partition coefficient (Wildman–Crippen LogP) is 2.84. The van der Waals surface area contributed by atoms with Crippen molar-refractivity contribution in [3.8, 4) is 0 Å². The average Bonchev–Trinajstić information content (AvgIpc) is 3.04. The lowest BCUT2D eigenvalue weighted by molar-refractivity contribution is 0.510. The van der Waals surface area contributed by atoms with Crippen molar-refractivity contribution in [2.45, 2.75) is 6.54 Å². The molecule has 1 N–H and O–H groups in total. The van der Waals surface area contributed by atoms with Crippen LogP contribution in [0, 0.1) is 11.6 Å². The highest BCUT2D eigenvalue weighted by Gasteiger charge is 2.12. The summed E-state index contributed by atoms with van der Waals surface area (Å²) in [7, 11) is 1.74. The maximum Gasteiger partial charge on any atom is 0.268 e.